The first kappa shape index (κ1) is 9.96. The van der Waals surface area contributed by atoms with Gasteiger partial charge in [-0.3, -0.25) is 0 Å². The molecule has 0 aromatic carbocycles. The van der Waals surface area contributed by atoms with Crippen molar-refractivity contribution in [2.24, 2.45) is 0 Å². The standard InChI is InChI=1S/C9H20N2O/c1-9(7-10-8-9)12-6-4-5-11(2)3/h10H,4-8H2,1-3H3. The number of nitrogens with one attached hydrogen (secondary N) is 1. The van der Waals surface area contributed by atoms with Crippen molar-refractivity contribution in [1.29, 1.82) is 0 Å². The molecule has 0 atom stereocenters. The number of rotatable bonds is 5. The zero-order valence-electron chi connectivity index (χ0n) is 8.39. The molecule has 1 heterocycles. The van der Waals surface area contributed by atoms with Crippen molar-refractivity contribution >= 4 is 0 Å². The zero-order chi connectivity index (χ0) is 9.03. The first-order valence-electron chi connectivity index (χ1n) is 4.62. The summed E-state index contributed by atoms with van der Waals surface area (Å²) in [4.78, 5) is 2.19. The maximum absolute atomic E-state index is 5.73. The van der Waals surface area contributed by atoms with E-state index in [1.54, 1.807) is 0 Å². The van der Waals surface area contributed by atoms with Crippen LogP contribution in [-0.4, -0.2) is 50.8 Å². The van der Waals surface area contributed by atoms with Crippen LogP contribution < -0.4 is 5.32 Å². The molecular weight excluding hydrogens is 152 g/mol. The summed E-state index contributed by atoms with van der Waals surface area (Å²) < 4.78 is 5.73. The van der Waals surface area contributed by atoms with Crippen molar-refractivity contribution in [3.63, 3.8) is 0 Å². The van der Waals surface area contributed by atoms with Crippen molar-refractivity contribution in [2.75, 3.05) is 40.3 Å². The van der Waals surface area contributed by atoms with Crippen LogP contribution in [0.15, 0.2) is 0 Å². The molecule has 0 aromatic heterocycles. The summed E-state index contributed by atoms with van der Waals surface area (Å²) in [5.74, 6) is 0. The van der Waals surface area contributed by atoms with Crippen molar-refractivity contribution in [1.82, 2.24) is 10.2 Å². The molecule has 3 nitrogen and oxygen atoms in total. The van der Waals surface area contributed by atoms with Gasteiger partial charge in [0.15, 0.2) is 0 Å². The Morgan fingerprint density at radius 2 is 2.08 bits per heavy atom. The molecule has 0 spiro atoms. The molecule has 0 amide bonds. The van der Waals surface area contributed by atoms with Crippen molar-refractivity contribution in [2.45, 2.75) is 18.9 Å². The third-order valence-electron chi connectivity index (χ3n) is 2.20. The fourth-order valence-electron chi connectivity index (χ4n) is 1.28. The Kier molecular flexibility index (Phi) is 3.50. The molecule has 1 rings (SSSR count). The number of nitrogens with zero attached hydrogens (tertiary/aromatic N) is 1. The first-order chi connectivity index (χ1) is 5.62. The lowest BCUT2D eigenvalue weighted by atomic mass is 10.0. The predicted molar refractivity (Wildman–Crippen MR) is 50.4 cm³/mol. The summed E-state index contributed by atoms with van der Waals surface area (Å²) in [6, 6.07) is 0. The van der Waals surface area contributed by atoms with E-state index in [0.717, 1.165) is 32.7 Å². The average molecular weight is 172 g/mol. The molecule has 0 aromatic rings. The van der Waals surface area contributed by atoms with Gasteiger partial charge in [0.05, 0.1) is 5.60 Å². The van der Waals surface area contributed by atoms with Crippen LogP contribution in [-0.2, 0) is 4.74 Å². The lowest BCUT2D eigenvalue weighted by Crippen LogP contribution is -2.59. The van der Waals surface area contributed by atoms with Crippen LogP contribution in [0, 0.1) is 0 Å². The maximum atomic E-state index is 5.73. The predicted octanol–water partition coefficient (Wildman–Crippen LogP) is 0.317. The third-order valence-corrected chi connectivity index (χ3v) is 2.20. The second kappa shape index (κ2) is 4.21. The topological polar surface area (TPSA) is 24.5 Å². The van der Waals surface area contributed by atoms with Crippen LogP contribution >= 0.6 is 0 Å². The molecule has 1 N–H and O–H groups in total. The molecular formula is C9H20N2O. The Bertz CT molecular complexity index is 132. The summed E-state index contributed by atoms with van der Waals surface area (Å²) in [6.07, 6.45) is 1.13. The molecule has 0 radical (unpaired) electrons. The quantitative estimate of drug-likeness (QED) is 0.604. The van der Waals surface area contributed by atoms with E-state index in [-0.39, 0.29) is 5.60 Å². The Balaban J connectivity index is 1.95. The zero-order valence-corrected chi connectivity index (χ0v) is 8.39. The molecule has 1 saturated heterocycles. The second-order valence-electron chi connectivity index (χ2n) is 4.06. The van der Waals surface area contributed by atoms with E-state index < -0.39 is 0 Å². The number of ether oxygens (including phenoxy) is 1. The third kappa shape index (κ3) is 3.09. The van der Waals surface area contributed by atoms with Gasteiger partial charge in [-0.25, -0.2) is 0 Å². The summed E-state index contributed by atoms with van der Waals surface area (Å²) in [5.41, 5.74) is 0.131. The molecule has 1 aliphatic heterocycles. The monoisotopic (exact) mass is 172 g/mol. The van der Waals surface area contributed by atoms with E-state index in [1.807, 2.05) is 0 Å². The molecule has 0 unspecified atom stereocenters. The fourth-order valence-corrected chi connectivity index (χ4v) is 1.28. The summed E-state index contributed by atoms with van der Waals surface area (Å²) in [7, 11) is 4.18. The Morgan fingerprint density at radius 3 is 2.50 bits per heavy atom. The summed E-state index contributed by atoms with van der Waals surface area (Å²) in [6.45, 7) is 6.18. The van der Waals surface area contributed by atoms with Gasteiger partial charge >= 0.3 is 0 Å². The molecule has 72 valence electrons. The van der Waals surface area contributed by atoms with Crippen molar-refractivity contribution < 1.29 is 4.74 Å². The first-order valence-corrected chi connectivity index (χ1v) is 4.62. The minimum absolute atomic E-state index is 0.131. The van der Waals surface area contributed by atoms with E-state index in [0.29, 0.717) is 0 Å². The molecule has 3 heteroatoms. The molecule has 0 bridgehead atoms. The lowest BCUT2D eigenvalue weighted by molar-refractivity contribution is -0.0682. The second-order valence-corrected chi connectivity index (χ2v) is 4.06. The minimum Gasteiger partial charge on any atom is -0.373 e. The van der Waals surface area contributed by atoms with E-state index in [4.69, 9.17) is 4.74 Å². The Morgan fingerprint density at radius 1 is 1.42 bits per heavy atom. The van der Waals surface area contributed by atoms with E-state index >= 15 is 0 Å². The SMILES string of the molecule is CN(C)CCCOC1(C)CNC1. The average Bonchev–Trinajstić information content (AvgIpc) is 1.94. The molecule has 1 aliphatic rings. The van der Waals surface area contributed by atoms with Gasteiger partial charge in [0, 0.05) is 19.7 Å². The molecule has 12 heavy (non-hydrogen) atoms. The number of hydrogen-bond acceptors (Lipinski definition) is 3. The highest BCUT2D eigenvalue weighted by atomic mass is 16.5. The van der Waals surface area contributed by atoms with Gasteiger partial charge in [0.25, 0.3) is 0 Å². The minimum atomic E-state index is 0.131. The lowest BCUT2D eigenvalue weighted by Gasteiger charge is -2.39. The van der Waals surface area contributed by atoms with E-state index in [1.165, 1.54) is 0 Å². The highest BCUT2D eigenvalue weighted by Crippen LogP contribution is 2.14. The van der Waals surface area contributed by atoms with Gasteiger partial charge in [-0.15, -0.1) is 0 Å². The van der Waals surface area contributed by atoms with Crippen LogP contribution in [0.4, 0.5) is 0 Å². The van der Waals surface area contributed by atoms with Crippen molar-refractivity contribution in [3.05, 3.63) is 0 Å². The van der Waals surface area contributed by atoms with Crippen LogP contribution in [0.3, 0.4) is 0 Å². The summed E-state index contributed by atoms with van der Waals surface area (Å²) >= 11 is 0. The van der Waals surface area contributed by atoms with Gasteiger partial charge in [0.2, 0.25) is 0 Å². The van der Waals surface area contributed by atoms with E-state index in [9.17, 15) is 0 Å². The molecule has 1 fully saturated rings. The van der Waals surface area contributed by atoms with Gasteiger partial charge in [-0.2, -0.15) is 0 Å². The maximum Gasteiger partial charge on any atom is 0.0901 e. The van der Waals surface area contributed by atoms with E-state index in [2.05, 4.69) is 31.2 Å². The summed E-state index contributed by atoms with van der Waals surface area (Å²) in [5, 5.41) is 3.22. The van der Waals surface area contributed by atoms with Crippen LogP contribution in [0.25, 0.3) is 0 Å². The van der Waals surface area contributed by atoms with Gasteiger partial charge in [-0.05, 0) is 34.0 Å². The highest BCUT2D eigenvalue weighted by Gasteiger charge is 2.31. The van der Waals surface area contributed by atoms with Gasteiger partial charge in [0.1, 0.15) is 0 Å². The van der Waals surface area contributed by atoms with Gasteiger partial charge in [-0.1, -0.05) is 0 Å². The highest BCUT2D eigenvalue weighted by molar-refractivity contribution is 4.89. The number of hydrogen-bond donors (Lipinski definition) is 1. The molecule has 0 aliphatic carbocycles. The Labute approximate surface area is 75.1 Å². The fraction of sp³-hybridized carbons (Fsp3) is 1.00. The van der Waals surface area contributed by atoms with Crippen molar-refractivity contribution in [3.8, 4) is 0 Å². The largest absolute Gasteiger partial charge is 0.373 e. The normalized spacial score (nSPS) is 21.0. The van der Waals surface area contributed by atoms with Crippen LogP contribution in [0.1, 0.15) is 13.3 Å². The van der Waals surface area contributed by atoms with Crippen LogP contribution in [0.5, 0.6) is 0 Å². The van der Waals surface area contributed by atoms with Gasteiger partial charge < -0.3 is 15.0 Å². The Hall–Kier alpha value is -0.120. The smallest absolute Gasteiger partial charge is 0.0901 e. The van der Waals surface area contributed by atoms with Crippen LogP contribution in [0.2, 0.25) is 0 Å². The molecule has 0 saturated carbocycles.